The summed E-state index contributed by atoms with van der Waals surface area (Å²) in [5.74, 6) is 1.60. The van der Waals surface area contributed by atoms with Crippen molar-refractivity contribution >= 4 is 22.7 Å². The maximum atomic E-state index is 11.5. The smallest absolute Gasteiger partial charge is 0.240 e. The Hall–Kier alpha value is -3.15. The van der Waals surface area contributed by atoms with E-state index in [1.54, 1.807) is 7.11 Å². The Morgan fingerprint density at radius 1 is 1.16 bits per heavy atom. The van der Waals surface area contributed by atoms with Gasteiger partial charge in [-0.1, -0.05) is 19.1 Å². The van der Waals surface area contributed by atoms with E-state index >= 15 is 0 Å². The molecule has 0 spiro atoms. The Morgan fingerprint density at radius 3 is 2.68 bits per heavy atom. The summed E-state index contributed by atoms with van der Waals surface area (Å²) in [7, 11) is 1.65. The summed E-state index contributed by atoms with van der Waals surface area (Å²) in [6.07, 6.45) is 0.435. The molecule has 3 aromatic rings. The highest BCUT2D eigenvalue weighted by molar-refractivity contribution is 6.12. The van der Waals surface area contributed by atoms with Crippen LogP contribution in [0.2, 0.25) is 0 Å². The van der Waals surface area contributed by atoms with E-state index in [1.165, 1.54) is 0 Å². The predicted octanol–water partition coefficient (Wildman–Crippen LogP) is 3.10. The SMILES string of the molecule is COc1ccc(-c2nc3c(C4=NNC(=O)CC4C)cccc3[nH]2)cc1. The van der Waals surface area contributed by atoms with Crippen LogP contribution in [0, 0.1) is 5.92 Å². The number of fused-ring (bicyclic) bond motifs is 1. The number of aromatic nitrogens is 2. The molecule has 1 aliphatic heterocycles. The average Bonchev–Trinajstić information content (AvgIpc) is 3.06. The molecule has 1 aromatic heterocycles. The fourth-order valence-corrected chi connectivity index (χ4v) is 3.10. The molecule has 126 valence electrons. The minimum Gasteiger partial charge on any atom is -0.497 e. The Bertz CT molecular complexity index is 973. The van der Waals surface area contributed by atoms with Gasteiger partial charge < -0.3 is 9.72 Å². The first-order valence-electron chi connectivity index (χ1n) is 8.15. The largest absolute Gasteiger partial charge is 0.497 e. The van der Waals surface area contributed by atoms with E-state index in [0.29, 0.717) is 6.42 Å². The van der Waals surface area contributed by atoms with E-state index in [-0.39, 0.29) is 11.8 Å². The predicted molar refractivity (Wildman–Crippen MR) is 96.5 cm³/mol. The number of hydrazone groups is 1. The number of rotatable bonds is 3. The number of benzene rings is 2. The molecule has 2 heterocycles. The normalized spacial score (nSPS) is 17.3. The number of nitrogens with one attached hydrogen (secondary N) is 2. The third-order valence-corrected chi connectivity index (χ3v) is 4.41. The number of methoxy groups -OCH3 is 1. The van der Waals surface area contributed by atoms with E-state index in [9.17, 15) is 4.79 Å². The van der Waals surface area contributed by atoms with Crippen LogP contribution in [0.15, 0.2) is 47.6 Å². The fraction of sp³-hybridized carbons (Fsp3) is 0.211. The van der Waals surface area contributed by atoms with E-state index in [4.69, 9.17) is 9.72 Å². The van der Waals surface area contributed by atoms with Crippen LogP contribution in [0.5, 0.6) is 5.75 Å². The highest BCUT2D eigenvalue weighted by atomic mass is 16.5. The van der Waals surface area contributed by atoms with Gasteiger partial charge in [0, 0.05) is 23.5 Å². The average molecular weight is 334 g/mol. The molecule has 25 heavy (non-hydrogen) atoms. The van der Waals surface area contributed by atoms with Crippen molar-refractivity contribution < 1.29 is 9.53 Å². The molecule has 0 saturated heterocycles. The van der Waals surface area contributed by atoms with E-state index in [0.717, 1.165) is 39.4 Å². The van der Waals surface area contributed by atoms with E-state index in [1.807, 2.05) is 49.4 Å². The Morgan fingerprint density at radius 2 is 1.96 bits per heavy atom. The van der Waals surface area contributed by atoms with Crippen LogP contribution >= 0.6 is 0 Å². The van der Waals surface area contributed by atoms with Gasteiger partial charge in [0.1, 0.15) is 11.6 Å². The zero-order valence-electron chi connectivity index (χ0n) is 14.0. The van der Waals surface area contributed by atoms with Crippen LogP contribution in [0.4, 0.5) is 0 Å². The van der Waals surface area contributed by atoms with Crippen molar-refractivity contribution in [2.75, 3.05) is 7.11 Å². The lowest BCUT2D eigenvalue weighted by Crippen LogP contribution is -2.32. The van der Waals surface area contributed by atoms with Gasteiger partial charge in [-0.05, 0) is 30.3 Å². The summed E-state index contributed by atoms with van der Waals surface area (Å²) in [4.78, 5) is 19.6. The molecular formula is C19H18N4O2. The molecule has 1 atom stereocenters. The monoisotopic (exact) mass is 334 g/mol. The Kier molecular flexibility index (Phi) is 3.72. The number of carbonyl (C=O) groups is 1. The Labute approximate surface area is 144 Å². The second-order valence-electron chi connectivity index (χ2n) is 6.15. The number of nitrogens with zero attached hydrogens (tertiary/aromatic N) is 2. The molecular weight excluding hydrogens is 316 g/mol. The number of para-hydroxylation sites is 1. The zero-order chi connectivity index (χ0) is 17.4. The summed E-state index contributed by atoms with van der Waals surface area (Å²) < 4.78 is 5.20. The van der Waals surface area contributed by atoms with Crippen molar-refractivity contribution in [1.82, 2.24) is 15.4 Å². The molecule has 6 nitrogen and oxygen atoms in total. The number of amides is 1. The lowest BCUT2D eigenvalue weighted by molar-refractivity contribution is -0.121. The van der Waals surface area contributed by atoms with Crippen molar-refractivity contribution in [2.45, 2.75) is 13.3 Å². The molecule has 4 rings (SSSR count). The maximum Gasteiger partial charge on any atom is 0.240 e. The number of ether oxygens (including phenoxy) is 1. The first-order valence-corrected chi connectivity index (χ1v) is 8.15. The van der Waals surface area contributed by atoms with Gasteiger partial charge in [-0.3, -0.25) is 4.79 Å². The lowest BCUT2D eigenvalue weighted by atomic mass is 9.93. The number of hydrogen-bond donors (Lipinski definition) is 2. The molecule has 0 bridgehead atoms. The van der Waals surface area contributed by atoms with Crippen LogP contribution in [-0.4, -0.2) is 28.7 Å². The highest BCUT2D eigenvalue weighted by Crippen LogP contribution is 2.27. The Balaban J connectivity index is 1.80. The first-order chi connectivity index (χ1) is 12.2. The molecule has 1 unspecified atom stereocenters. The molecule has 2 aromatic carbocycles. The summed E-state index contributed by atoms with van der Waals surface area (Å²) >= 11 is 0. The third-order valence-electron chi connectivity index (χ3n) is 4.41. The van der Waals surface area contributed by atoms with E-state index in [2.05, 4.69) is 15.5 Å². The second-order valence-corrected chi connectivity index (χ2v) is 6.15. The number of imidazole rings is 1. The van der Waals surface area contributed by atoms with Gasteiger partial charge in [0.15, 0.2) is 0 Å². The van der Waals surface area contributed by atoms with Crippen LogP contribution in [0.1, 0.15) is 18.9 Å². The molecule has 0 fully saturated rings. The van der Waals surface area contributed by atoms with Crippen LogP contribution < -0.4 is 10.2 Å². The van der Waals surface area contributed by atoms with Crippen LogP contribution in [0.3, 0.4) is 0 Å². The number of aromatic amines is 1. The van der Waals surface area contributed by atoms with Crippen molar-refractivity contribution in [3.05, 3.63) is 48.0 Å². The van der Waals surface area contributed by atoms with Crippen molar-refractivity contribution in [3.63, 3.8) is 0 Å². The summed E-state index contributed by atoms with van der Waals surface area (Å²) in [6.45, 7) is 2.01. The summed E-state index contributed by atoms with van der Waals surface area (Å²) in [5, 5.41) is 4.26. The quantitative estimate of drug-likeness (QED) is 0.772. The second kappa shape index (κ2) is 6.05. The summed E-state index contributed by atoms with van der Waals surface area (Å²) in [6, 6.07) is 13.7. The number of H-pyrrole nitrogens is 1. The first kappa shape index (κ1) is 15.4. The van der Waals surface area contributed by atoms with Crippen molar-refractivity contribution in [2.24, 2.45) is 11.0 Å². The molecule has 1 amide bonds. The summed E-state index contributed by atoms with van der Waals surface area (Å²) in [5.41, 5.74) is 7.16. The van der Waals surface area contributed by atoms with Crippen molar-refractivity contribution in [3.8, 4) is 17.1 Å². The fourth-order valence-electron chi connectivity index (χ4n) is 3.10. The highest BCUT2D eigenvalue weighted by Gasteiger charge is 2.24. The third kappa shape index (κ3) is 2.76. The van der Waals surface area contributed by atoms with Crippen LogP contribution in [-0.2, 0) is 4.79 Å². The number of hydrogen-bond acceptors (Lipinski definition) is 4. The van der Waals surface area contributed by atoms with Crippen LogP contribution in [0.25, 0.3) is 22.4 Å². The minimum atomic E-state index is -0.0515. The van der Waals surface area contributed by atoms with Crippen molar-refractivity contribution in [1.29, 1.82) is 0 Å². The van der Waals surface area contributed by atoms with Gasteiger partial charge in [-0.15, -0.1) is 0 Å². The van der Waals surface area contributed by atoms with Gasteiger partial charge in [0.05, 0.1) is 23.9 Å². The van der Waals surface area contributed by atoms with Gasteiger partial charge >= 0.3 is 0 Å². The van der Waals surface area contributed by atoms with Gasteiger partial charge in [0.2, 0.25) is 5.91 Å². The van der Waals surface area contributed by atoms with E-state index < -0.39 is 0 Å². The zero-order valence-corrected chi connectivity index (χ0v) is 14.0. The van der Waals surface area contributed by atoms with Gasteiger partial charge in [-0.25, -0.2) is 10.4 Å². The topological polar surface area (TPSA) is 79.4 Å². The molecule has 6 heteroatoms. The maximum absolute atomic E-state index is 11.5. The molecule has 0 saturated carbocycles. The van der Waals surface area contributed by atoms with Gasteiger partial charge in [0.25, 0.3) is 0 Å². The molecule has 0 aliphatic carbocycles. The molecule has 0 radical (unpaired) electrons. The standard InChI is InChI=1S/C19H18N4O2/c1-11-10-16(24)22-23-17(11)14-4-3-5-15-18(14)21-19(20-15)12-6-8-13(25-2)9-7-12/h3-9,11H,10H2,1-2H3,(H,20,21)(H,22,24). The molecule has 2 N–H and O–H groups in total. The van der Waals surface area contributed by atoms with Gasteiger partial charge in [-0.2, -0.15) is 5.10 Å². The number of carbonyl (C=O) groups excluding carboxylic acids is 1. The lowest BCUT2D eigenvalue weighted by Gasteiger charge is -2.19. The minimum absolute atomic E-state index is 0.0515. The molecule has 1 aliphatic rings.